The zero-order chi connectivity index (χ0) is 18.5. The molecule has 3 unspecified atom stereocenters. The van der Waals surface area contributed by atoms with Crippen molar-refractivity contribution >= 4 is 5.97 Å². The van der Waals surface area contributed by atoms with E-state index in [-0.39, 0.29) is 18.0 Å². The minimum absolute atomic E-state index is 0.153. The van der Waals surface area contributed by atoms with Crippen molar-refractivity contribution in [3.8, 4) is 0 Å². The molecule has 0 amide bonds. The van der Waals surface area contributed by atoms with Gasteiger partial charge in [-0.1, -0.05) is 70.6 Å². The Labute approximate surface area is 167 Å². The molecule has 27 heavy (non-hydrogen) atoms. The Morgan fingerprint density at radius 2 is 1.26 bits per heavy atom. The van der Waals surface area contributed by atoms with Crippen LogP contribution >= 0.6 is 0 Å². The second-order valence-electron chi connectivity index (χ2n) is 10.5. The normalized spacial score (nSPS) is 38.1. The highest BCUT2D eigenvalue weighted by molar-refractivity contribution is 5.72. The predicted octanol–water partition coefficient (Wildman–Crippen LogP) is 7.06. The molecule has 0 aliphatic heterocycles. The monoisotopic (exact) mass is 374 g/mol. The molecule has 4 saturated carbocycles. The van der Waals surface area contributed by atoms with E-state index in [2.05, 4.69) is 0 Å². The number of fused-ring (bicyclic) bond motifs is 1. The summed E-state index contributed by atoms with van der Waals surface area (Å²) < 4.78 is 6.03. The third kappa shape index (κ3) is 5.51. The van der Waals surface area contributed by atoms with Crippen LogP contribution in [0.4, 0.5) is 0 Å². The molecule has 154 valence electrons. The second-order valence-corrected chi connectivity index (χ2v) is 10.5. The van der Waals surface area contributed by atoms with Gasteiger partial charge in [-0.2, -0.15) is 0 Å². The van der Waals surface area contributed by atoms with Gasteiger partial charge in [0.1, 0.15) is 6.10 Å². The predicted molar refractivity (Wildman–Crippen MR) is 110 cm³/mol. The summed E-state index contributed by atoms with van der Waals surface area (Å²) in [5, 5.41) is 0. The van der Waals surface area contributed by atoms with Gasteiger partial charge in [-0.05, 0) is 68.6 Å². The van der Waals surface area contributed by atoms with Crippen LogP contribution in [0.2, 0.25) is 0 Å². The minimum Gasteiger partial charge on any atom is -0.462 e. The molecular weight excluding hydrogens is 332 g/mol. The van der Waals surface area contributed by atoms with Gasteiger partial charge in [0.15, 0.2) is 0 Å². The van der Waals surface area contributed by atoms with Crippen molar-refractivity contribution in [2.75, 3.05) is 0 Å². The van der Waals surface area contributed by atoms with Crippen LogP contribution in [-0.4, -0.2) is 12.1 Å². The lowest BCUT2D eigenvalue weighted by Crippen LogP contribution is -2.35. The Hall–Kier alpha value is -0.530. The fourth-order valence-electron chi connectivity index (χ4n) is 6.83. The van der Waals surface area contributed by atoms with Gasteiger partial charge in [-0.15, -0.1) is 0 Å². The quantitative estimate of drug-likeness (QED) is 0.482. The number of esters is 1. The number of carbonyl (C=O) groups excluding carboxylic acids is 1. The zero-order valence-corrected chi connectivity index (χ0v) is 17.5. The van der Waals surface area contributed by atoms with E-state index in [0.29, 0.717) is 0 Å². The number of rotatable bonds is 5. The first-order chi connectivity index (χ1) is 13.3. The maximum atomic E-state index is 12.7. The van der Waals surface area contributed by atoms with E-state index in [1.165, 1.54) is 89.9 Å². The molecule has 4 aliphatic carbocycles. The van der Waals surface area contributed by atoms with Gasteiger partial charge in [0, 0.05) is 0 Å². The highest BCUT2D eigenvalue weighted by Gasteiger charge is 2.35. The van der Waals surface area contributed by atoms with Crippen LogP contribution in [0.3, 0.4) is 0 Å². The summed E-state index contributed by atoms with van der Waals surface area (Å²) in [5.41, 5.74) is 0. The van der Waals surface area contributed by atoms with E-state index in [4.69, 9.17) is 4.74 Å². The first kappa shape index (κ1) is 19.8. The van der Waals surface area contributed by atoms with Crippen molar-refractivity contribution < 1.29 is 9.53 Å². The number of ether oxygens (including phenoxy) is 1. The van der Waals surface area contributed by atoms with E-state index >= 15 is 0 Å². The summed E-state index contributed by atoms with van der Waals surface area (Å²) in [6.45, 7) is 0. The van der Waals surface area contributed by atoms with Crippen molar-refractivity contribution in [2.45, 2.75) is 122 Å². The molecule has 4 fully saturated rings. The highest BCUT2D eigenvalue weighted by atomic mass is 16.5. The molecule has 0 bridgehead atoms. The average Bonchev–Trinajstić information content (AvgIpc) is 2.73. The zero-order valence-electron chi connectivity index (χ0n) is 17.5. The number of carbonyl (C=O) groups is 1. The Morgan fingerprint density at radius 1 is 0.630 bits per heavy atom. The standard InChI is InChI=1S/C25H42O2/c26-25(27-24-17-16-21-8-4-5-9-23(21)18-24)22-14-12-20(13-15-22)11-10-19-6-2-1-3-7-19/h19-24H,1-18H2. The summed E-state index contributed by atoms with van der Waals surface area (Å²) in [6, 6.07) is 0. The Morgan fingerprint density at radius 3 is 2.00 bits per heavy atom. The first-order valence-corrected chi connectivity index (χ1v) is 12.5. The largest absolute Gasteiger partial charge is 0.462 e. The molecule has 0 radical (unpaired) electrons. The molecule has 0 spiro atoms. The van der Waals surface area contributed by atoms with Crippen LogP contribution in [-0.2, 0) is 9.53 Å². The van der Waals surface area contributed by atoms with Gasteiger partial charge >= 0.3 is 5.97 Å². The third-order valence-electron chi connectivity index (χ3n) is 8.66. The fourth-order valence-corrected chi connectivity index (χ4v) is 6.83. The van der Waals surface area contributed by atoms with Crippen LogP contribution < -0.4 is 0 Å². The minimum atomic E-state index is 0.153. The Balaban J connectivity index is 1.14. The SMILES string of the molecule is O=C(OC1CCC2CCCCC2C1)C1CCC(CCC2CCCCC2)CC1. The number of hydrogen-bond donors (Lipinski definition) is 0. The maximum Gasteiger partial charge on any atom is 0.309 e. The smallest absolute Gasteiger partial charge is 0.309 e. The van der Waals surface area contributed by atoms with E-state index in [1.807, 2.05) is 0 Å². The molecule has 0 saturated heterocycles. The number of hydrogen-bond acceptors (Lipinski definition) is 2. The molecule has 0 N–H and O–H groups in total. The molecule has 2 nitrogen and oxygen atoms in total. The van der Waals surface area contributed by atoms with E-state index in [0.717, 1.165) is 49.4 Å². The van der Waals surface area contributed by atoms with Gasteiger partial charge in [-0.3, -0.25) is 4.79 Å². The van der Waals surface area contributed by atoms with Gasteiger partial charge < -0.3 is 4.74 Å². The van der Waals surface area contributed by atoms with Gasteiger partial charge in [0.2, 0.25) is 0 Å². The van der Waals surface area contributed by atoms with Crippen LogP contribution in [0.1, 0.15) is 116 Å². The lowest BCUT2D eigenvalue weighted by Gasteiger charge is -2.39. The summed E-state index contributed by atoms with van der Waals surface area (Å²) in [6.07, 6.45) is 24.4. The van der Waals surface area contributed by atoms with Crippen LogP contribution in [0, 0.1) is 29.6 Å². The van der Waals surface area contributed by atoms with Crippen LogP contribution in [0.5, 0.6) is 0 Å². The molecule has 0 aromatic heterocycles. The highest BCUT2D eigenvalue weighted by Crippen LogP contribution is 2.42. The van der Waals surface area contributed by atoms with E-state index in [1.54, 1.807) is 0 Å². The second kappa shape index (κ2) is 9.79. The van der Waals surface area contributed by atoms with Crippen molar-refractivity contribution in [3.63, 3.8) is 0 Å². The fraction of sp³-hybridized carbons (Fsp3) is 0.960. The van der Waals surface area contributed by atoms with Crippen molar-refractivity contribution in [2.24, 2.45) is 29.6 Å². The first-order valence-electron chi connectivity index (χ1n) is 12.5. The van der Waals surface area contributed by atoms with Crippen molar-refractivity contribution in [1.29, 1.82) is 0 Å². The van der Waals surface area contributed by atoms with Crippen molar-refractivity contribution in [3.05, 3.63) is 0 Å². The lowest BCUT2D eigenvalue weighted by molar-refractivity contribution is -0.159. The van der Waals surface area contributed by atoms with Gasteiger partial charge in [-0.25, -0.2) is 0 Å². The molecule has 0 aromatic carbocycles. The summed E-state index contributed by atoms with van der Waals surface area (Å²) in [4.78, 5) is 12.7. The molecule has 4 aliphatic rings. The molecule has 0 heterocycles. The van der Waals surface area contributed by atoms with Crippen LogP contribution in [0.25, 0.3) is 0 Å². The topological polar surface area (TPSA) is 26.3 Å². The summed E-state index contributed by atoms with van der Waals surface area (Å²) >= 11 is 0. The Bertz CT molecular complexity index is 459. The van der Waals surface area contributed by atoms with E-state index in [9.17, 15) is 4.79 Å². The average molecular weight is 375 g/mol. The molecular formula is C25H42O2. The Kier molecular flexibility index (Phi) is 7.17. The van der Waals surface area contributed by atoms with Gasteiger partial charge in [0.25, 0.3) is 0 Å². The maximum absolute atomic E-state index is 12.7. The third-order valence-corrected chi connectivity index (χ3v) is 8.66. The summed E-state index contributed by atoms with van der Waals surface area (Å²) in [5.74, 6) is 4.04. The molecule has 3 atom stereocenters. The van der Waals surface area contributed by atoms with Crippen LogP contribution in [0.15, 0.2) is 0 Å². The molecule has 4 rings (SSSR count). The lowest BCUT2D eigenvalue weighted by atomic mass is 9.70. The summed E-state index contributed by atoms with van der Waals surface area (Å²) in [7, 11) is 0. The molecule has 2 heteroatoms. The van der Waals surface area contributed by atoms with Gasteiger partial charge in [0.05, 0.1) is 5.92 Å². The molecule has 0 aromatic rings. The van der Waals surface area contributed by atoms with E-state index < -0.39 is 0 Å². The van der Waals surface area contributed by atoms with Crippen molar-refractivity contribution in [1.82, 2.24) is 0 Å².